The molecule has 0 unspecified atom stereocenters. The van der Waals surface area contributed by atoms with E-state index in [2.05, 4.69) is 26.1 Å². The number of likely N-dealkylation sites (tertiary alicyclic amines) is 1. The van der Waals surface area contributed by atoms with Gasteiger partial charge in [-0.2, -0.15) is 0 Å². The fraction of sp³-hybridized carbons (Fsp3) is 0.600. The minimum absolute atomic E-state index is 0.550. The molecular weight excluding hydrogens is 388 g/mol. The van der Waals surface area contributed by atoms with E-state index in [4.69, 9.17) is 9.47 Å². The topological polar surface area (TPSA) is 50.7 Å². The summed E-state index contributed by atoms with van der Waals surface area (Å²) in [6.45, 7) is 4.77. The van der Waals surface area contributed by atoms with Gasteiger partial charge >= 0.3 is 0 Å². The Morgan fingerprint density at radius 2 is 1.48 bits per heavy atom. The number of nitrogens with zero attached hydrogens (tertiary/aromatic N) is 4. The van der Waals surface area contributed by atoms with Crippen LogP contribution < -0.4 is 14.4 Å². The van der Waals surface area contributed by atoms with E-state index < -0.39 is 0 Å². The van der Waals surface area contributed by atoms with Gasteiger partial charge in [-0.25, -0.2) is 0 Å². The van der Waals surface area contributed by atoms with Gasteiger partial charge in [-0.1, -0.05) is 12.5 Å². The first-order valence-electron chi connectivity index (χ1n) is 11.8. The molecule has 0 radical (unpaired) electrons. The number of hydrogen-bond acceptors (Lipinski definition) is 6. The van der Waals surface area contributed by atoms with Crippen molar-refractivity contribution in [2.45, 2.75) is 51.0 Å². The molecule has 5 rings (SSSR count). The monoisotopic (exact) mass is 422 g/mol. The molecule has 1 spiro atoms. The molecule has 1 saturated carbocycles. The highest BCUT2D eigenvalue weighted by molar-refractivity contribution is 5.74. The summed E-state index contributed by atoms with van der Waals surface area (Å²) in [5, 5.41) is 9.11. The van der Waals surface area contributed by atoms with E-state index >= 15 is 0 Å². The number of methoxy groups -OCH3 is 2. The molecule has 0 bridgehead atoms. The predicted octanol–water partition coefficient (Wildman–Crippen LogP) is 4.40. The van der Waals surface area contributed by atoms with Gasteiger partial charge in [0, 0.05) is 19.1 Å². The Hall–Kier alpha value is -2.34. The summed E-state index contributed by atoms with van der Waals surface area (Å²) >= 11 is 0. The Labute approximate surface area is 185 Å². The van der Waals surface area contributed by atoms with Crippen LogP contribution in [0.25, 0.3) is 11.3 Å². The summed E-state index contributed by atoms with van der Waals surface area (Å²) in [7, 11) is 3.33. The lowest BCUT2D eigenvalue weighted by molar-refractivity contribution is 0.0305. The molecule has 1 aromatic heterocycles. The van der Waals surface area contributed by atoms with Crippen molar-refractivity contribution in [1.82, 2.24) is 15.1 Å². The molecular formula is C25H34N4O2. The fourth-order valence-corrected chi connectivity index (χ4v) is 5.56. The second-order valence-electron chi connectivity index (χ2n) is 9.42. The van der Waals surface area contributed by atoms with Crippen LogP contribution in [0.1, 0.15) is 44.9 Å². The third-order valence-electron chi connectivity index (χ3n) is 7.93. The molecule has 31 heavy (non-hydrogen) atoms. The Morgan fingerprint density at radius 1 is 0.839 bits per heavy atom. The zero-order valence-corrected chi connectivity index (χ0v) is 18.8. The SMILES string of the molecule is COc1cccc(OC)c1-c1ccc(N2CCC3(CC2)CCN(C2CCC2)CC3)nn1. The van der Waals surface area contributed by atoms with Crippen LogP contribution in [0.4, 0.5) is 5.82 Å². The standard InChI is InChI=1S/C25H34N4O2/c1-30-21-7-4-8-22(31-2)24(21)20-9-10-23(27-26-20)29-17-13-25(14-18-29)11-15-28(16-12-25)19-5-3-6-19/h4,7-10,19H,3,5-6,11-18H2,1-2H3. The summed E-state index contributed by atoms with van der Waals surface area (Å²) in [5.41, 5.74) is 2.17. The molecule has 2 aromatic rings. The van der Waals surface area contributed by atoms with E-state index in [0.717, 1.165) is 47.7 Å². The van der Waals surface area contributed by atoms with Crippen molar-refractivity contribution in [3.8, 4) is 22.8 Å². The van der Waals surface area contributed by atoms with E-state index in [1.807, 2.05) is 24.3 Å². The summed E-state index contributed by atoms with van der Waals surface area (Å²) in [6, 6.07) is 10.8. The minimum Gasteiger partial charge on any atom is -0.496 e. The molecule has 1 aromatic carbocycles. The van der Waals surface area contributed by atoms with Gasteiger partial charge < -0.3 is 19.3 Å². The first-order valence-corrected chi connectivity index (χ1v) is 11.8. The number of aromatic nitrogens is 2. The molecule has 3 fully saturated rings. The quantitative estimate of drug-likeness (QED) is 0.712. The van der Waals surface area contributed by atoms with Crippen molar-refractivity contribution in [2.24, 2.45) is 5.41 Å². The molecule has 6 heteroatoms. The van der Waals surface area contributed by atoms with Crippen LogP contribution in [0.2, 0.25) is 0 Å². The fourth-order valence-electron chi connectivity index (χ4n) is 5.56. The van der Waals surface area contributed by atoms with Gasteiger partial charge in [-0.3, -0.25) is 0 Å². The third kappa shape index (κ3) is 3.98. The lowest BCUT2D eigenvalue weighted by Crippen LogP contribution is -2.51. The summed E-state index contributed by atoms with van der Waals surface area (Å²) in [4.78, 5) is 5.16. The zero-order chi connectivity index (χ0) is 21.3. The molecule has 3 heterocycles. The number of anilines is 1. The lowest BCUT2D eigenvalue weighted by atomic mass is 9.70. The number of piperidine rings is 2. The Balaban J connectivity index is 1.23. The van der Waals surface area contributed by atoms with Crippen LogP contribution in [-0.2, 0) is 0 Å². The predicted molar refractivity (Wildman–Crippen MR) is 123 cm³/mol. The first kappa shape index (κ1) is 20.6. The lowest BCUT2D eigenvalue weighted by Gasteiger charge is -2.50. The Morgan fingerprint density at radius 3 is 2.00 bits per heavy atom. The smallest absolute Gasteiger partial charge is 0.151 e. The zero-order valence-electron chi connectivity index (χ0n) is 18.8. The highest BCUT2D eigenvalue weighted by atomic mass is 16.5. The van der Waals surface area contributed by atoms with Gasteiger partial charge in [-0.15, -0.1) is 10.2 Å². The summed E-state index contributed by atoms with van der Waals surface area (Å²) in [6.07, 6.45) is 9.58. The van der Waals surface area contributed by atoms with Gasteiger partial charge in [0.2, 0.25) is 0 Å². The van der Waals surface area contributed by atoms with Gasteiger partial charge in [0.25, 0.3) is 0 Å². The van der Waals surface area contributed by atoms with Gasteiger partial charge in [0.1, 0.15) is 17.2 Å². The molecule has 2 aliphatic heterocycles. The average Bonchev–Trinajstić information content (AvgIpc) is 2.79. The van der Waals surface area contributed by atoms with Crippen LogP contribution >= 0.6 is 0 Å². The van der Waals surface area contributed by atoms with E-state index in [9.17, 15) is 0 Å². The molecule has 0 atom stereocenters. The normalized spacial score (nSPS) is 21.7. The van der Waals surface area contributed by atoms with Crippen LogP contribution in [0.15, 0.2) is 30.3 Å². The van der Waals surface area contributed by atoms with E-state index in [0.29, 0.717) is 5.41 Å². The molecule has 1 aliphatic carbocycles. The number of hydrogen-bond donors (Lipinski definition) is 0. The van der Waals surface area contributed by atoms with Crippen molar-refractivity contribution in [3.05, 3.63) is 30.3 Å². The van der Waals surface area contributed by atoms with Crippen LogP contribution in [-0.4, -0.2) is 61.5 Å². The van der Waals surface area contributed by atoms with E-state index in [1.165, 1.54) is 58.0 Å². The van der Waals surface area contributed by atoms with Crippen LogP contribution in [0.3, 0.4) is 0 Å². The summed E-state index contributed by atoms with van der Waals surface area (Å²) in [5.74, 6) is 2.46. The van der Waals surface area contributed by atoms with Gasteiger partial charge in [-0.05, 0) is 81.3 Å². The molecule has 2 saturated heterocycles. The van der Waals surface area contributed by atoms with E-state index in [-0.39, 0.29) is 0 Å². The third-order valence-corrected chi connectivity index (χ3v) is 7.93. The average molecular weight is 423 g/mol. The number of ether oxygens (including phenoxy) is 2. The molecule has 6 nitrogen and oxygen atoms in total. The maximum absolute atomic E-state index is 5.52. The molecule has 166 valence electrons. The number of benzene rings is 1. The largest absolute Gasteiger partial charge is 0.496 e. The van der Waals surface area contributed by atoms with Crippen molar-refractivity contribution in [2.75, 3.05) is 45.3 Å². The van der Waals surface area contributed by atoms with Crippen molar-refractivity contribution in [3.63, 3.8) is 0 Å². The van der Waals surface area contributed by atoms with Crippen LogP contribution in [0, 0.1) is 5.41 Å². The van der Waals surface area contributed by atoms with Crippen molar-refractivity contribution < 1.29 is 9.47 Å². The Bertz CT molecular complexity index is 857. The van der Waals surface area contributed by atoms with Gasteiger partial charge in [0.05, 0.1) is 19.8 Å². The van der Waals surface area contributed by atoms with E-state index in [1.54, 1.807) is 14.2 Å². The maximum Gasteiger partial charge on any atom is 0.151 e. The summed E-state index contributed by atoms with van der Waals surface area (Å²) < 4.78 is 11.0. The first-order chi connectivity index (χ1) is 15.2. The Kier molecular flexibility index (Phi) is 5.74. The molecule has 0 N–H and O–H groups in total. The second kappa shape index (κ2) is 8.65. The second-order valence-corrected chi connectivity index (χ2v) is 9.42. The maximum atomic E-state index is 5.52. The number of rotatable bonds is 5. The molecule has 3 aliphatic rings. The van der Waals surface area contributed by atoms with Gasteiger partial charge in [0.15, 0.2) is 5.82 Å². The molecule has 0 amide bonds. The highest BCUT2D eigenvalue weighted by Gasteiger charge is 2.39. The minimum atomic E-state index is 0.550. The van der Waals surface area contributed by atoms with Crippen molar-refractivity contribution >= 4 is 5.82 Å². The highest BCUT2D eigenvalue weighted by Crippen LogP contribution is 2.43. The van der Waals surface area contributed by atoms with Crippen molar-refractivity contribution in [1.29, 1.82) is 0 Å². The van der Waals surface area contributed by atoms with Crippen LogP contribution in [0.5, 0.6) is 11.5 Å².